The first-order chi connectivity index (χ1) is 13.5. The minimum Gasteiger partial charge on any atom is -0.508 e. The maximum atomic E-state index is 11.8. The predicted molar refractivity (Wildman–Crippen MR) is 105 cm³/mol. The number of unbranched alkanes of at least 4 members (excludes halogenated alkanes) is 2. The van der Waals surface area contributed by atoms with Crippen molar-refractivity contribution in [3.05, 3.63) is 48.0 Å². The molecule has 0 aliphatic carbocycles. The van der Waals surface area contributed by atoms with E-state index in [2.05, 4.69) is 15.8 Å². The molecule has 2 rings (SSSR count). The molecule has 0 saturated heterocycles. The molecule has 28 heavy (non-hydrogen) atoms. The van der Waals surface area contributed by atoms with Gasteiger partial charge in [0.1, 0.15) is 17.2 Å². The third kappa shape index (κ3) is 6.99. The van der Waals surface area contributed by atoms with E-state index in [1.165, 1.54) is 30.5 Å². The highest BCUT2D eigenvalue weighted by atomic mass is 16.3. The molecule has 0 spiro atoms. The summed E-state index contributed by atoms with van der Waals surface area (Å²) in [7, 11) is 0. The van der Waals surface area contributed by atoms with Crippen LogP contribution in [0.1, 0.15) is 37.7 Å². The van der Waals surface area contributed by atoms with Crippen molar-refractivity contribution >= 4 is 23.7 Å². The number of hydrogen-bond donors (Lipinski definition) is 5. The number of hydrogen-bond acceptors (Lipinski definition) is 6. The minimum atomic E-state index is -0.270. The standard InChI is InChI=1S/C20H23N3O5/c24-15-11-10-14(18(26)12-15)13-21-23-20(28)9-3-1-2-8-19(27)22-16-6-4-5-7-17(16)25/h4-7,10-13,24-26H,1-3,8-9H2,(H,22,27)(H,23,28)/b21-13+. The summed E-state index contributed by atoms with van der Waals surface area (Å²) in [6, 6.07) is 10.6. The number of hydrazone groups is 1. The van der Waals surface area contributed by atoms with Gasteiger partial charge in [-0.15, -0.1) is 0 Å². The van der Waals surface area contributed by atoms with Crippen molar-refractivity contribution < 1.29 is 24.9 Å². The number of nitrogens with zero attached hydrogens (tertiary/aromatic N) is 1. The zero-order chi connectivity index (χ0) is 20.4. The van der Waals surface area contributed by atoms with Crippen molar-refractivity contribution in [3.8, 4) is 17.2 Å². The van der Waals surface area contributed by atoms with Crippen LogP contribution in [0, 0.1) is 0 Å². The summed E-state index contributed by atoms with van der Waals surface area (Å²) < 4.78 is 0. The van der Waals surface area contributed by atoms with Crippen molar-refractivity contribution in [1.29, 1.82) is 0 Å². The number of anilines is 1. The Bertz CT molecular complexity index is 851. The number of rotatable bonds is 9. The molecule has 5 N–H and O–H groups in total. The molecule has 0 heterocycles. The van der Waals surface area contributed by atoms with E-state index in [1.54, 1.807) is 18.2 Å². The first kappa shape index (κ1) is 20.8. The molecule has 8 nitrogen and oxygen atoms in total. The predicted octanol–water partition coefficient (Wildman–Crippen LogP) is 2.84. The Morgan fingerprint density at radius 2 is 1.61 bits per heavy atom. The second kappa shape index (κ2) is 10.6. The van der Waals surface area contributed by atoms with Gasteiger partial charge in [-0.2, -0.15) is 5.10 Å². The highest BCUT2D eigenvalue weighted by Gasteiger charge is 2.06. The van der Waals surface area contributed by atoms with Crippen molar-refractivity contribution in [2.24, 2.45) is 5.10 Å². The Morgan fingerprint density at radius 1 is 0.893 bits per heavy atom. The summed E-state index contributed by atoms with van der Waals surface area (Å²) in [5.41, 5.74) is 3.11. The fraction of sp³-hybridized carbons (Fsp3) is 0.250. The maximum Gasteiger partial charge on any atom is 0.240 e. The van der Waals surface area contributed by atoms with Gasteiger partial charge in [-0.25, -0.2) is 5.43 Å². The molecule has 0 fully saturated rings. The van der Waals surface area contributed by atoms with E-state index in [0.717, 1.165) is 0 Å². The number of carbonyl (C=O) groups excluding carboxylic acids is 2. The van der Waals surface area contributed by atoms with E-state index in [0.29, 0.717) is 36.9 Å². The van der Waals surface area contributed by atoms with Gasteiger partial charge in [0, 0.05) is 24.5 Å². The van der Waals surface area contributed by atoms with Crippen LogP contribution in [0.15, 0.2) is 47.6 Å². The number of para-hydroxylation sites is 2. The van der Waals surface area contributed by atoms with Gasteiger partial charge in [0.2, 0.25) is 11.8 Å². The van der Waals surface area contributed by atoms with Gasteiger partial charge in [-0.3, -0.25) is 9.59 Å². The summed E-state index contributed by atoms with van der Waals surface area (Å²) in [5.74, 6) is -0.640. The zero-order valence-electron chi connectivity index (χ0n) is 15.3. The van der Waals surface area contributed by atoms with Gasteiger partial charge < -0.3 is 20.6 Å². The molecular formula is C20H23N3O5. The second-order valence-corrected chi connectivity index (χ2v) is 6.16. The smallest absolute Gasteiger partial charge is 0.240 e. The van der Waals surface area contributed by atoms with Gasteiger partial charge in [0.25, 0.3) is 0 Å². The maximum absolute atomic E-state index is 11.8. The Balaban J connectivity index is 1.60. The number of carbonyl (C=O) groups is 2. The van der Waals surface area contributed by atoms with Crippen LogP contribution >= 0.6 is 0 Å². The number of benzene rings is 2. The number of nitrogens with one attached hydrogen (secondary N) is 2. The Kier molecular flexibility index (Phi) is 7.83. The summed E-state index contributed by atoms with van der Waals surface area (Å²) in [4.78, 5) is 23.5. The van der Waals surface area contributed by atoms with Crippen LogP contribution in [0.5, 0.6) is 17.2 Å². The molecule has 0 atom stereocenters. The van der Waals surface area contributed by atoms with Gasteiger partial charge in [-0.1, -0.05) is 18.6 Å². The average molecular weight is 385 g/mol. The molecule has 148 valence electrons. The molecular weight excluding hydrogens is 362 g/mol. The summed E-state index contributed by atoms with van der Waals surface area (Å²) in [5, 5.41) is 34.8. The van der Waals surface area contributed by atoms with Gasteiger partial charge >= 0.3 is 0 Å². The SMILES string of the molecule is O=C(CCCCCC(=O)Nc1ccccc1O)N/N=C/c1ccc(O)cc1O. The van der Waals surface area contributed by atoms with Gasteiger partial charge in [0.15, 0.2) is 0 Å². The van der Waals surface area contributed by atoms with E-state index >= 15 is 0 Å². The third-order valence-corrected chi connectivity index (χ3v) is 3.89. The third-order valence-electron chi connectivity index (χ3n) is 3.89. The lowest BCUT2D eigenvalue weighted by Gasteiger charge is -2.06. The van der Waals surface area contributed by atoms with E-state index < -0.39 is 0 Å². The lowest BCUT2D eigenvalue weighted by molar-refractivity contribution is -0.121. The Hall–Kier alpha value is -3.55. The topological polar surface area (TPSA) is 131 Å². The lowest BCUT2D eigenvalue weighted by atomic mass is 10.1. The summed E-state index contributed by atoms with van der Waals surface area (Å²) in [6.45, 7) is 0. The summed E-state index contributed by atoms with van der Waals surface area (Å²) >= 11 is 0. The van der Waals surface area contributed by atoms with Crippen LogP contribution in [0.2, 0.25) is 0 Å². The lowest BCUT2D eigenvalue weighted by Crippen LogP contribution is -2.17. The van der Waals surface area contributed by atoms with Gasteiger partial charge in [0.05, 0.1) is 11.9 Å². The molecule has 0 radical (unpaired) electrons. The van der Waals surface area contributed by atoms with Crippen LogP contribution < -0.4 is 10.7 Å². The highest BCUT2D eigenvalue weighted by Crippen LogP contribution is 2.22. The van der Waals surface area contributed by atoms with E-state index in [-0.39, 0.29) is 35.5 Å². The van der Waals surface area contributed by atoms with Crippen LogP contribution in [0.3, 0.4) is 0 Å². The van der Waals surface area contributed by atoms with Gasteiger partial charge in [-0.05, 0) is 37.1 Å². The molecule has 0 saturated carbocycles. The van der Waals surface area contributed by atoms with Crippen molar-refractivity contribution in [1.82, 2.24) is 5.43 Å². The van der Waals surface area contributed by atoms with Crippen LogP contribution in [0.4, 0.5) is 5.69 Å². The normalized spacial score (nSPS) is 10.7. The molecule has 0 unspecified atom stereocenters. The molecule has 0 aromatic heterocycles. The molecule has 2 aromatic rings. The number of phenolic OH excluding ortho intramolecular Hbond substituents is 3. The quantitative estimate of drug-likeness (QED) is 0.196. The van der Waals surface area contributed by atoms with Crippen molar-refractivity contribution in [2.75, 3.05) is 5.32 Å². The summed E-state index contributed by atoms with van der Waals surface area (Å²) in [6.07, 6.45) is 3.78. The fourth-order valence-corrected chi connectivity index (χ4v) is 2.41. The van der Waals surface area contributed by atoms with Crippen LogP contribution in [-0.4, -0.2) is 33.3 Å². The average Bonchev–Trinajstić information content (AvgIpc) is 2.65. The number of phenols is 3. The van der Waals surface area contributed by atoms with Crippen molar-refractivity contribution in [2.45, 2.75) is 32.1 Å². The molecule has 0 bridgehead atoms. The van der Waals surface area contributed by atoms with E-state index in [4.69, 9.17) is 0 Å². The number of aromatic hydroxyl groups is 3. The molecule has 0 aliphatic heterocycles. The highest BCUT2D eigenvalue weighted by molar-refractivity contribution is 5.92. The molecule has 8 heteroatoms. The largest absolute Gasteiger partial charge is 0.508 e. The molecule has 0 aliphatic rings. The van der Waals surface area contributed by atoms with E-state index in [1.807, 2.05) is 0 Å². The zero-order valence-corrected chi connectivity index (χ0v) is 15.3. The van der Waals surface area contributed by atoms with Crippen LogP contribution in [0.25, 0.3) is 0 Å². The first-order valence-electron chi connectivity index (χ1n) is 8.87. The molecule has 2 aromatic carbocycles. The fourth-order valence-electron chi connectivity index (χ4n) is 2.41. The Labute approximate surface area is 162 Å². The monoisotopic (exact) mass is 385 g/mol. The van der Waals surface area contributed by atoms with Crippen LogP contribution in [-0.2, 0) is 9.59 Å². The first-order valence-corrected chi connectivity index (χ1v) is 8.87. The second-order valence-electron chi connectivity index (χ2n) is 6.16. The Morgan fingerprint density at radius 3 is 2.32 bits per heavy atom. The number of amides is 2. The van der Waals surface area contributed by atoms with E-state index in [9.17, 15) is 24.9 Å². The van der Waals surface area contributed by atoms with Crippen molar-refractivity contribution in [3.63, 3.8) is 0 Å². The molecule has 2 amide bonds. The minimum absolute atomic E-state index is 0.0219.